The van der Waals surface area contributed by atoms with Crippen molar-refractivity contribution in [2.24, 2.45) is 0 Å². The topological polar surface area (TPSA) is 70.6 Å². The Kier molecular flexibility index (Phi) is 6.37. The standard InChI is InChI=1S/C18H15ClF3IN2O3/c19-11-6-9(23)2-3-13(11)24-16-10(7-12(20)14(21)15(16)22)17(26)25-28-8-18(27)4-1-5-18/h2-3,6-7,24,27H,1,4-5,8H2,(H,25,26). The van der Waals surface area contributed by atoms with Gasteiger partial charge in [0.2, 0.25) is 0 Å². The Morgan fingerprint density at radius 3 is 2.57 bits per heavy atom. The lowest BCUT2D eigenvalue weighted by atomic mass is 9.81. The smallest absolute Gasteiger partial charge is 0.277 e. The van der Waals surface area contributed by atoms with E-state index in [1.165, 1.54) is 6.07 Å². The Hall–Kier alpha value is -1.56. The molecule has 0 heterocycles. The summed E-state index contributed by atoms with van der Waals surface area (Å²) >= 11 is 8.10. The molecule has 28 heavy (non-hydrogen) atoms. The van der Waals surface area contributed by atoms with E-state index in [-0.39, 0.29) is 17.3 Å². The van der Waals surface area contributed by atoms with Crippen LogP contribution in [0.1, 0.15) is 29.6 Å². The molecular weight excluding hydrogens is 512 g/mol. The molecule has 2 aromatic carbocycles. The van der Waals surface area contributed by atoms with Gasteiger partial charge in [-0.15, -0.1) is 0 Å². The third kappa shape index (κ3) is 4.53. The SMILES string of the molecule is O=C(NOCC1(O)CCC1)c1cc(F)c(F)c(F)c1Nc1ccc(I)cc1Cl. The van der Waals surface area contributed by atoms with Crippen molar-refractivity contribution in [1.29, 1.82) is 0 Å². The van der Waals surface area contributed by atoms with Gasteiger partial charge >= 0.3 is 0 Å². The fraction of sp³-hybridized carbons (Fsp3) is 0.278. The number of amides is 1. The molecule has 0 saturated heterocycles. The summed E-state index contributed by atoms with van der Waals surface area (Å²) in [6.07, 6.45) is 1.90. The quantitative estimate of drug-likeness (QED) is 0.290. The second-order valence-electron chi connectivity index (χ2n) is 6.46. The summed E-state index contributed by atoms with van der Waals surface area (Å²) in [5.41, 5.74) is 0.0787. The van der Waals surface area contributed by atoms with Crippen molar-refractivity contribution in [1.82, 2.24) is 5.48 Å². The maximum absolute atomic E-state index is 14.4. The monoisotopic (exact) mass is 526 g/mol. The van der Waals surface area contributed by atoms with Crippen molar-refractivity contribution in [3.8, 4) is 0 Å². The maximum atomic E-state index is 14.4. The molecule has 3 rings (SSSR count). The molecule has 0 atom stereocenters. The van der Waals surface area contributed by atoms with Crippen LogP contribution in [0.2, 0.25) is 5.02 Å². The Morgan fingerprint density at radius 1 is 1.25 bits per heavy atom. The summed E-state index contributed by atoms with van der Waals surface area (Å²) in [4.78, 5) is 17.3. The summed E-state index contributed by atoms with van der Waals surface area (Å²) < 4.78 is 42.6. The van der Waals surface area contributed by atoms with Crippen molar-refractivity contribution < 1.29 is 27.9 Å². The van der Waals surface area contributed by atoms with E-state index in [9.17, 15) is 23.1 Å². The fourth-order valence-electron chi connectivity index (χ4n) is 2.64. The van der Waals surface area contributed by atoms with Crippen LogP contribution in [0.4, 0.5) is 24.5 Å². The molecular formula is C18H15ClF3IN2O3. The predicted octanol–water partition coefficient (Wildman–Crippen LogP) is 4.68. The van der Waals surface area contributed by atoms with Crippen LogP contribution in [-0.4, -0.2) is 23.2 Å². The number of hydroxylamine groups is 1. The maximum Gasteiger partial charge on any atom is 0.277 e. The first-order valence-corrected chi connectivity index (χ1v) is 9.70. The van der Waals surface area contributed by atoms with Crippen molar-refractivity contribution in [3.05, 3.63) is 55.9 Å². The number of rotatable bonds is 6. The van der Waals surface area contributed by atoms with Gasteiger partial charge in [0.1, 0.15) is 6.61 Å². The van der Waals surface area contributed by atoms with Gasteiger partial charge in [0.05, 0.1) is 27.6 Å². The Labute approximate surface area is 177 Å². The van der Waals surface area contributed by atoms with Gasteiger partial charge in [-0.1, -0.05) is 11.6 Å². The second-order valence-corrected chi connectivity index (χ2v) is 8.11. The number of carbonyl (C=O) groups is 1. The molecule has 0 aliphatic heterocycles. The lowest BCUT2D eigenvalue weighted by Crippen LogP contribution is -2.44. The highest BCUT2D eigenvalue weighted by molar-refractivity contribution is 14.1. The highest BCUT2D eigenvalue weighted by Crippen LogP contribution is 2.33. The minimum atomic E-state index is -1.73. The summed E-state index contributed by atoms with van der Waals surface area (Å²) in [5, 5.41) is 12.7. The van der Waals surface area contributed by atoms with E-state index in [2.05, 4.69) is 5.32 Å². The number of carbonyl (C=O) groups excluding carboxylic acids is 1. The number of anilines is 2. The first-order chi connectivity index (χ1) is 13.2. The highest BCUT2D eigenvalue weighted by atomic mass is 127. The Balaban J connectivity index is 1.85. The van der Waals surface area contributed by atoms with E-state index in [0.29, 0.717) is 18.9 Å². The normalized spacial score (nSPS) is 15.1. The first kappa shape index (κ1) is 21.2. The van der Waals surface area contributed by atoms with Crippen LogP contribution >= 0.6 is 34.2 Å². The largest absolute Gasteiger partial charge is 0.387 e. The van der Waals surface area contributed by atoms with E-state index >= 15 is 0 Å². The molecule has 5 nitrogen and oxygen atoms in total. The molecule has 3 N–H and O–H groups in total. The summed E-state index contributed by atoms with van der Waals surface area (Å²) in [5.74, 6) is -5.84. The third-order valence-electron chi connectivity index (χ3n) is 4.39. The van der Waals surface area contributed by atoms with Crippen molar-refractivity contribution in [2.45, 2.75) is 24.9 Å². The van der Waals surface area contributed by atoms with Crippen molar-refractivity contribution in [2.75, 3.05) is 11.9 Å². The van der Waals surface area contributed by atoms with Crippen LogP contribution in [0.15, 0.2) is 24.3 Å². The number of hydrogen-bond acceptors (Lipinski definition) is 4. The molecule has 1 aliphatic rings. The number of nitrogens with one attached hydrogen (secondary N) is 2. The van der Waals surface area contributed by atoms with Crippen molar-refractivity contribution >= 4 is 51.5 Å². The summed E-state index contributed by atoms with van der Waals surface area (Å²) in [6, 6.07) is 5.30. The predicted molar refractivity (Wildman–Crippen MR) is 106 cm³/mol. The second kappa shape index (κ2) is 8.44. The van der Waals surface area contributed by atoms with Crippen molar-refractivity contribution in [3.63, 3.8) is 0 Å². The lowest BCUT2D eigenvalue weighted by Gasteiger charge is -2.35. The molecule has 150 valence electrons. The molecule has 0 spiro atoms. The molecule has 1 fully saturated rings. The molecule has 1 aliphatic carbocycles. The van der Waals surface area contributed by atoms with Crippen LogP contribution in [-0.2, 0) is 4.84 Å². The summed E-state index contributed by atoms with van der Waals surface area (Å²) in [6.45, 7) is -0.170. The first-order valence-electron chi connectivity index (χ1n) is 8.24. The molecule has 1 amide bonds. The molecule has 1 saturated carbocycles. The van der Waals surface area contributed by atoms with Crippen LogP contribution in [0.3, 0.4) is 0 Å². The average Bonchev–Trinajstić information content (AvgIpc) is 2.62. The van der Waals surface area contributed by atoms with Crippen LogP contribution in [0, 0.1) is 21.0 Å². The fourth-order valence-corrected chi connectivity index (χ4v) is 3.55. The zero-order valence-corrected chi connectivity index (χ0v) is 17.2. The summed E-state index contributed by atoms with van der Waals surface area (Å²) in [7, 11) is 0. The van der Waals surface area contributed by atoms with Gasteiger partial charge in [-0.2, -0.15) is 0 Å². The minimum Gasteiger partial charge on any atom is -0.387 e. The van der Waals surface area contributed by atoms with Crippen LogP contribution < -0.4 is 10.8 Å². The van der Waals surface area contributed by atoms with Gasteiger partial charge in [-0.05, 0) is 66.1 Å². The van der Waals surface area contributed by atoms with Gasteiger partial charge in [-0.25, -0.2) is 18.7 Å². The number of aliphatic hydroxyl groups is 1. The van der Waals surface area contributed by atoms with Gasteiger partial charge < -0.3 is 10.4 Å². The highest BCUT2D eigenvalue weighted by Gasteiger charge is 2.35. The number of halogens is 5. The van der Waals surface area contributed by atoms with E-state index in [1.807, 2.05) is 28.1 Å². The van der Waals surface area contributed by atoms with Gasteiger partial charge in [0.15, 0.2) is 17.5 Å². The zero-order valence-electron chi connectivity index (χ0n) is 14.3. The van der Waals surface area contributed by atoms with E-state index in [4.69, 9.17) is 16.4 Å². The van der Waals surface area contributed by atoms with Gasteiger partial charge in [0.25, 0.3) is 5.91 Å². The lowest BCUT2D eigenvalue weighted by molar-refractivity contribution is -0.113. The average molecular weight is 527 g/mol. The Morgan fingerprint density at radius 2 is 1.96 bits per heavy atom. The molecule has 0 unspecified atom stereocenters. The molecule has 0 bridgehead atoms. The molecule has 0 radical (unpaired) electrons. The number of hydrogen-bond donors (Lipinski definition) is 3. The minimum absolute atomic E-state index is 0.170. The van der Waals surface area contributed by atoms with Gasteiger partial charge in [-0.3, -0.25) is 9.63 Å². The van der Waals surface area contributed by atoms with Crippen LogP contribution in [0.25, 0.3) is 0 Å². The molecule has 10 heteroatoms. The van der Waals surface area contributed by atoms with E-state index in [1.54, 1.807) is 12.1 Å². The van der Waals surface area contributed by atoms with Crippen LogP contribution in [0.5, 0.6) is 0 Å². The molecule has 0 aromatic heterocycles. The van der Waals surface area contributed by atoms with Gasteiger partial charge in [0, 0.05) is 3.57 Å². The van der Waals surface area contributed by atoms with E-state index < -0.39 is 40.2 Å². The third-order valence-corrected chi connectivity index (χ3v) is 5.37. The van der Waals surface area contributed by atoms with E-state index in [0.717, 1.165) is 9.99 Å². The Bertz CT molecular complexity index is 925. The molecule has 2 aromatic rings. The zero-order chi connectivity index (χ0) is 20.5. The number of benzene rings is 2.